The molecule has 0 N–H and O–H groups in total. The highest BCUT2D eigenvalue weighted by atomic mass is 31.1. The molecule has 5 nitrogen and oxygen atoms in total. The summed E-state index contributed by atoms with van der Waals surface area (Å²) in [6, 6.07) is 9.84. The van der Waals surface area contributed by atoms with Crippen LogP contribution in [0.5, 0.6) is 0 Å². The van der Waals surface area contributed by atoms with Gasteiger partial charge in [-0.3, -0.25) is 13.1 Å². The van der Waals surface area contributed by atoms with Gasteiger partial charge in [0.25, 0.3) is 0 Å². The highest BCUT2D eigenvalue weighted by Gasteiger charge is 2.15. The van der Waals surface area contributed by atoms with Gasteiger partial charge in [-0.15, -0.1) is 0 Å². The average Bonchev–Trinajstić information content (AvgIpc) is 3.04. The van der Waals surface area contributed by atoms with E-state index in [-0.39, 0.29) is 5.43 Å². The predicted molar refractivity (Wildman–Crippen MR) is 75.1 cm³/mol. The van der Waals surface area contributed by atoms with Crippen molar-refractivity contribution in [1.82, 2.24) is 13.3 Å². The van der Waals surface area contributed by atoms with E-state index in [2.05, 4.69) is 4.98 Å². The van der Waals surface area contributed by atoms with Gasteiger partial charge in [-0.25, -0.2) is 4.98 Å². The lowest BCUT2D eigenvalue weighted by atomic mass is 10.2. The third kappa shape index (κ3) is 1.28. The van der Waals surface area contributed by atoms with Crippen LogP contribution in [0.15, 0.2) is 47.5 Å². The van der Waals surface area contributed by atoms with E-state index in [4.69, 9.17) is 4.52 Å². The molecular formula is C13H10N3O2P. The molecule has 4 aromatic rings. The fourth-order valence-corrected chi connectivity index (χ4v) is 4.17. The van der Waals surface area contributed by atoms with Gasteiger partial charge < -0.3 is 4.52 Å². The molecule has 0 fully saturated rings. The molecule has 0 saturated heterocycles. The van der Waals surface area contributed by atoms with Crippen molar-refractivity contribution in [2.45, 2.75) is 0 Å². The average molecular weight is 271 g/mol. The summed E-state index contributed by atoms with van der Waals surface area (Å²) in [7, 11) is 0.553. The Labute approximate surface area is 108 Å². The van der Waals surface area contributed by atoms with Gasteiger partial charge >= 0.3 is 0 Å². The van der Waals surface area contributed by atoms with Crippen molar-refractivity contribution < 1.29 is 4.52 Å². The van der Waals surface area contributed by atoms with Crippen LogP contribution in [-0.4, -0.2) is 20.4 Å². The predicted octanol–water partition coefficient (Wildman–Crippen LogP) is 2.15. The van der Waals surface area contributed by atoms with E-state index in [0.717, 1.165) is 10.9 Å². The van der Waals surface area contributed by atoms with Gasteiger partial charge in [-0.05, 0) is 12.1 Å². The Bertz CT molecular complexity index is 980. The van der Waals surface area contributed by atoms with E-state index < -0.39 is 8.08 Å². The molecule has 3 aromatic heterocycles. The number of imidazole rings is 1. The number of nitrogens with zero attached hydrogens (tertiary/aromatic N) is 3. The summed E-state index contributed by atoms with van der Waals surface area (Å²) in [5, 5.41) is 1.04. The maximum Gasteiger partial charge on any atom is 0.246 e. The SMILES string of the molecule is COp1n2ccnc2c(=O)c2cc3ccccc3n21. The number of hydrogen-bond donors (Lipinski definition) is 0. The van der Waals surface area contributed by atoms with E-state index in [1.54, 1.807) is 19.5 Å². The first-order chi connectivity index (χ1) is 9.31. The first-order valence-corrected chi connectivity index (χ1v) is 7.01. The number of benzene rings is 1. The second kappa shape index (κ2) is 3.70. The first kappa shape index (κ1) is 10.8. The minimum absolute atomic E-state index is 0.0583. The summed E-state index contributed by atoms with van der Waals surface area (Å²) in [6.07, 6.45) is 3.43. The molecule has 0 aliphatic rings. The van der Waals surface area contributed by atoms with E-state index in [1.807, 2.05) is 38.7 Å². The normalized spacial score (nSPS) is 12.8. The van der Waals surface area contributed by atoms with Crippen LogP contribution in [0.4, 0.5) is 0 Å². The molecule has 19 heavy (non-hydrogen) atoms. The lowest BCUT2D eigenvalue weighted by Crippen LogP contribution is -2.10. The van der Waals surface area contributed by atoms with Gasteiger partial charge in [-0.2, -0.15) is 0 Å². The van der Waals surface area contributed by atoms with Crippen LogP contribution in [0.2, 0.25) is 0 Å². The first-order valence-electron chi connectivity index (χ1n) is 5.84. The van der Waals surface area contributed by atoms with Crippen LogP contribution in [0.3, 0.4) is 0 Å². The van der Waals surface area contributed by atoms with Gasteiger partial charge in [-0.1, -0.05) is 18.2 Å². The molecule has 0 aliphatic carbocycles. The highest BCUT2D eigenvalue weighted by Crippen LogP contribution is 2.30. The zero-order chi connectivity index (χ0) is 13.0. The van der Waals surface area contributed by atoms with Gasteiger partial charge in [0.1, 0.15) is 5.52 Å². The van der Waals surface area contributed by atoms with Crippen molar-refractivity contribution in [1.29, 1.82) is 0 Å². The molecule has 94 valence electrons. The lowest BCUT2D eigenvalue weighted by Gasteiger charge is -2.07. The summed E-state index contributed by atoms with van der Waals surface area (Å²) < 4.78 is 9.41. The molecule has 0 radical (unpaired) electrons. The monoisotopic (exact) mass is 271 g/mol. The third-order valence-corrected chi connectivity index (χ3v) is 5.05. The van der Waals surface area contributed by atoms with E-state index in [9.17, 15) is 4.79 Å². The van der Waals surface area contributed by atoms with Crippen molar-refractivity contribution in [2.75, 3.05) is 7.11 Å². The smallest absolute Gasteiger partial charge is 0.246 e. The van der Waals surface area contributed by atoms with Crippen LogP contribution in [-0.2, 0) is 0 Å². The van der Waals surface area contributed by atoms with Gasteiger partial charge in [0.05, 0.1) is 5.52 Å². The molecule has 0 spiro atoms. The van der Waals surface area contributed by atoms with E-state index in [1.165, 1.54) is 0 Å². The Hall–Kier alpha value is -2.10. The molecule has 1 unspecified atom stereocenters. The largest absolute Gasteiger partial charge is 0.308 e. The molecule has 0 aliphatic heterocycles. The molecule has 0 saturated carbocycles. The summed E-state index contributed by atoms with van der Waals surface area (Å²) in [6.45, 7) is 0. The summed E-state index contributed by atoms with van der Waals surface area (Å²) >= 11 is 0. The minimum Gasteiger partial charge on any atom is -0.308 e. The molecule has 4 rings (SSSR count). The quantitative estimate of drug-likeness (QED) is 0.533. The topological polar surface area (TPSA) is 48.0 Å². The number of fused-ring (bicyclic) bond motifs is 4. The molecule has 0 amide bonds. The number of rotatable bonds is 1. The van der Waals surface area contributed by atoms with E-state index >= 15 is 0 Å². The van der Waals surface area contributed by atoms with E-state index in [0.29, 0.717) is 11.2 Å². The van der Waals surface area contributed by atoms with Crippen molar-refractivity contribution in [3.63, 3.8) is 0 Å². The second-order valence-corrected chi connectivity index (χ2v) is 5.96. The second-order valence-electron chi connectivity index (χ2n) is 4.26. The standard InChI is InChI=1S/C13H10N3O2P/c1-18-19-15-7-6-14-13(15)12(17)11-8-9-4-2-3-5-10(9)16(11)19/h2-8H,1H3. The molecule has 6 heteroatoms. The lowest BCUT2D eigenvalue weighted by molar-refractivity contribution is 0.541. The fourth-order valence-electron chi connectivity index (χ4n) is 2.46. The molecule has 1 atom stereocenters. The Kier molecular flexibility index (Phi) is 2.10. The number of hydrogen-bond acceptors (Lipinski definition) is 3. The maximum atomic E-state index is 12.5. The number of aromatic nitrogens is 3. The van der Waals surface area contributed by atoms with Crippen molar-refractivity contribution in [3.8, 4) is 0 Å². The molecular weight excluding hydrogens is 261 g/mol. The molecule has 3 heterocycles. The molecule has 1 aromatic carbocycles. The van der Waals surface area contributed by atoms with Gasteiger partial charge in [0, 0.05) is 24.9 Å². The Morgan fingerprint density at radius 3 is 2.95 bits per heavy atom. The van der Waals surface area contributed by atoms with Crippen LogP contribution in [0, 0.1) is 0 Å². The Morgan fingerprint density at radius 2 is 2.11 bits per heavy atom. The van der Waals surface area contributed by atoms with Crippen molar-refractivity contribution in [3.05, 3.63) is 52.9 Å². The summed E-state index contributed by atoms with van der Waals surface area (Å²) in [4.78, 5) is 16.6. The summed E-state index contributed by atoms with van der Waals surface area (Å²) in [5.74, 6) is 0. The van der Waals surface area contributed by atoms with Gasteiger partial charge in [0.2, 0.25) is 5.43 Å². The van der Waals surface area contributed by atoms with Crippen LogP contribution in [0.1, 0.15) is 0 Å². The summed E-state index contributed by atoms with van der Waals surface area (Å²) in [5.41, 5.74) is 2.05. The van der Waals surface area contributed by atoms with Crippen molar-refractivity contribution >= 4 is 30.1 Å². The minimum atomic E-state index is -1.10. The Morgan fingerprint density at radius 1 is 1.26 bits per heavy atom. The highest BCUT2D eigenvalue weighted by molar-refractivity contribution is 7.37. The van der Waals surface area contributed by atoms with Crippen molar-refractivity contribution in [2.24, 2.45) is 0 Å². The zero-order valence-electron chi connectivity index (χ0n) is 10.1. The third-order valence-electron chi connectivity index (χ3n) is 3.26. The van der Waals surface area contributed by atoms with Crippen LogP contribution >= 0.6 is 8.08 Å². The zero-order valence-corrected chi connectivity index (χ0v) is 11.0. The van der Waals surface area contributed by atoms with Crippen LogP contribution in [0.25, 0.3) is 22.1 Å². The van der Waals surface area contributed by atoms with Crippen LogP contribution < -0.4 is 9.95 Å². The Balaban J connectivity index is 2.43. The fraction of sp³-hybridized carbons (Fsp3) is 0.0769. The maximum absolute atomic E-state index is 12.5. The number of para-hydroxylation sites is 1. The van der Waals surface area contributed by atoms with Gasteiger partial charge in [0.15, 0.2) is 13.7 Å². The molecule has 0 bridgehead atoms.